The fourth-order valence-electron chi connectivity index (χ4n) is 3.36. The number of carbonyl (C=O) groups is 2. The summed E-state index contributed by atoms with van der Waals surface area (Å²) in [6.45, 7) is 0.368. The van der Waals surface area contributed by atoms with E-state index in [1.807, 2.05) is 18.2 Å². The lowest BCUT2D eigenvalue weighted by molar-refractivity contribution is -0.119. The standard InChI is InChI=1S/C20H23ClN4O2/c1-23-17-10-13(8-15-6-7-18(26)25-15)9-16(17)19(22)20(27)24-11-12-2-4-14(21)5-3-12/h2-5,9,15H,6-8,10-11,22H2,1H3,(H,24,27)(H,25,26)/t15-/m1/s1. The van der Waals surface area contributed by atoms with Gasteiger partial charge in [0.15, 0.2) is 0 Å². The molecule has 3 rings (SSSR count). The summed E-state index contributed by atoms with van der Waals surface area (Å²) in [5.74, 6) is -0.229. The van der Waals surface area contributed by atoms with E-state index in [1.54, 1.807) is 19.2 Å². The van der Waals surface area contributed by atoms with E-state index in [9.17, 15) is 9.59 Å². The third kappa shape index (κ3) is 4.77. The molecule has 1 aliphatic carbocycles. The highest BCUT2D eigenvalue weighted by atomic mass is 35.5. The largest absolute Gasteiger partial charge is 0.394 e. The molecule has 4 N–H and O–H groups in total. The van der Waals surface area contributed by atoms with Crippen LogP contribution < -0.4 is 16.4 Å². The van der Waals surface area contributed by atoms with Crippen molar-refractivity contribution in [1.29, 1.82) is 0 Å². The van der Waals surface area contributed by atoms with Gasteiger partial charge in [-0.05, 0) is 30.5 Å². The van der Waals surface area contributed by atoms with E-state index in [1.165, 1.54) is 0 Å². The predicted molar refractivity (Wildman–Crippen MR) is 106 cm³/mol. The highest BCUT2D eigenvalue weighted by molar-refractivity contribution is 6.30. The van der Waals surface area contributed by atoms with Gasteiger partial charge in [0, 0.05) is 48.8 Å². The van der Waals surface area contributed by atoms with Gasteiger partial charge in [0.25, 0.3) is 5.91 Å². The van der Waals surface area contributed by atoms with Gasteiger partial charge in [0.1, 0.15) is 5.70 Å². The number of allylic oxidation sites excluding steroid dienone is 2. The first-order chi connectivity index (χ1) is 13.0. The molecule has 0 saturated carbocycles. The summed E-state index contributed by atoms with van der Waals surface area (Å²) in [7, 11) is 1.70. The normalized spacial score (nSPS) is 22.6. The van der Waals surface area contributed by atoms with Crippen LogP contribution in [0.2, 0.25) is 5.02 Å². The smallest absolute Gasteiger partial charge is 0.268 e. The lowest BCUT2D eigenvalue weighted by atomic mass is 10.0. The Balaban J connectivity index is 1.68. The minimum absolute atomic E-state index is 0.0971. The van der Waals surface area contributed by atoms with E-state index in [0.29, 0.717) is 30.0 Å². The highest BCUT2D eigenvalue weighted by Gasteiger charge is 2.26. The Morgan fingerprint density at radius 2 is 2.11 bits per heavy atom. The lowest BCUT2D eigenvalue weighted by Gasteiger charge is -2.09. The molecular weight excluding hydrogens is 364 g/mol. The van der Waals surface area contributed by atoms with Crippen molar-refractivity contribution >= 4 is 29.1 Å². The second-order valence-corrected chi connectivity index (χ2v) is 7.23. The van der Waals surface area contributed by atoms with Crippen LogP contribution in [0.25, 0.3) is 0 Å². The first kappa shape index (κ1) is 19.2. The monoisotopic (exact) mass is 386 g/mol. The van der Waals surface area contributed by atoms with Crippen LogP contribution in [-0.2, 0) is 16.1 Å². The van der Waals surface area contributed by atoms with Crippen molar-refractivity contribution in [2.75, 3.05) is 7.05 Å². The van der Waals surface area contributed by atoms with E-state index < -0.39 is 0 Å². The van der Waals surface area contributed by atoms with E-state index in [2.05, 4.69) is 15.6 Å². The number of nitrogens with zero attached hydrogens (tertiary/aromatic N) is 1. The minimum Gasteiger partial charge on any atom is -0.394 e. The van der Waals surface area contributed by atoms with Crippen LogP contribution in [0.1, 0.15) is 31.2 Å². The summed E-state index contributed by atoms with van der Waals surface area (Å²) < 4.78 is 0. The molecule has 2 aliphatic rings. The van der Waals surface area contributed by atoms with Crippen molar-refractivity contribution in [1.82, 2.24) is 10.6 Å². The summed E-state index contributed by atoms with van der Waals surface area (Å²) in [4.78, 5) is 28.1. The third-order valence-electron chi connectivity index (χ3n) is 4.82. The Hall–Kier alpha value is -2.60. The van der Waals surface area contributed by atoms with Gasteiger partial charge in [-0.25, -0.2) is 0 Å². The Bertz CT molecular complexity index is 840. The number of amides is 2. The SMILES string of the molecule is CN=C1CC(C[C@H]2CCC(=O)N2)=CC1=C(N)C(=O)NCc1ccc(Cl)cc1. The van der Waals surface area contributed by atoms with E-state index in [4.69, 9.17) is 17.3 Å². The van der Waals surface area contributed by atoms with Crippen LogP contribution in [0.15, 0.2) is 52.2 Å². The molecule has 1 heterocycles. The van der Waals surface area contributed by atoms with Crippen molar-refractivity contribution in [3.05, 3.63) is 57.8 Å². The molecule has 0 unspecified atom stereocenters. The Labute approximate surface area is 163 Å². The molecule has 0 aromatic heterocycles. The number of carbonyl (C=O) groups excluding carboxylic acids is 2. The summed E-state index contributed by atoms with van der Waals surface area (Å²) in [5.41, 5.74) is 9.82. The number of nitrogens with one attached hydrogen (secondary N) is 2. The fourth-order valence-corrected chi connectivity index (χ4v) is 3.49. The van der Waals surface area contributed by atoms with Crippen molar-refractivity contribution in [3.63, 3.8) is 0 Å². The van der Waals surface area contributed by atoms with Gasteiger partial charge >= 0.3 is 0 Å². The highest BCUT2D eigenvalue weighted by Crippen LogP contribution is 2.28. The molecule has 7 heteroatoms. The number of rotatable bonds is 5. The zero-order chi connectivity index (χ0) is 19.4. The van der Waals surface area contributed by atoms with Crippen molar-refractivity contribution in [3.8, 4) is 0 Å². The molecule has 1 aromatic carbocycles. The second kappa shape index (κ2) is 8.39. The molecule has 2 amide bonds. The van der Waals surface area contributed by atoms with E-state index in [-0.39, 0.29) is 23.6 Å². The summed E-state index contributed by atoms with van der Waals surface area (Å²) in [5, 5.41) is 6.45. The van der Waals surface area contributed by atoms with E-state index in [0.717, 1.165) is 29.7 Å². The first-order valence-corrected chi connectivity index (χ1v) is 9.31. The molecule has 27 heavy (non-hydrogen) atoms. The van der Waals surface area contributed by atoms with Crippen molar-refractivity contribution in [2.45, 2.75) is 38.3 Å². The zero-order valence-corrected chi connectivity index (χ0v) is 16.0. The Morgan fingerprint density at radius 1 is 1.37 bits per heavy atom. The van der Waals surface area contributed by atoms with Crippen LogP contribution in [-0.4, -0.2) is 30.6 Å². The molecule has 1 aliphatic heterocycles. The van der Waals surface area contributed by atoms with Crippen molar-refractivity contribution < 1.29 is 9.59 Å². The first-order valence-electron chi connectivity index (χ1n) is 8.93. The number of aliphatic imine (C=N–C) groups is 1. The van der Waals surface area contributed by atoms with E-state index >= 15 is 0 Å². The summed E-state index contributed by atoms with van der Waals surface area (Å²) in [6, 6.07) is 7.42. The van der Waals surface area contributed by atoms with Gasteiger partial charge in [0.2, 0.25) is 5.91 Å². The minimum atomic E-state index is -0.326. The summed E-state index contributed by atoms with van der Waals surface area (Å²) >= 11 is 5.87. The van der Waals surface area contributed by atoms with Gasteiger partial charge in [0.05, 0.1) is 0 Å². The number of halogens is 1. The van der Waals surface area contributed by atoms with Gasteiger partial charge in [-0.15, -0.1) is 0 Å². The summed E-state index contributed by atoms with van der Waals surface area (Å²) in [6.07, 6.45) is 4.76. The quantitative estimate of drug-likeness (QED) is 0.677. The van der Waals surface area contributed by atoms with Crippen LogP contribution in [0.4, 0.5) is 0 Å². The molecule has 1 atom stereocenters. The van der Waals surface area contributed by atoms with Gasteiger partial charge in [-0.2, -0.15) is 0 Å². The van der Waals surface area contributed by atoms with Crippen molar-refractivity contribution in [2.24, 2.45) is 10.7 Å². The molecule has 1 fully saturated rings. The lowest BCUT2D eigenvalue weighted by Crippen LogP contribution is -2.29. The third-order valence-corrected chi connectivity index (χ3v) is 5.07. The molecule has 1 saturated heterocycles. The maximum absolute atomic E-state index is 12.5. The molecule has 0 bridgehead atoms. The number of nitrogens with two attached hydrogens (primary N) is 1. The zero-order valence-electron chi connectivity index (χ0n) is 15.2. The molecule has 1 aromatic rings. The average Bonchev–Trinajstić information content (AvgIpc) is 3.26. The van der Waals surface area contributed by atoms with Crippen LogP contribution in [0.5, 0.6) is 0 Å². The Morgan fingerprint density at radius 3 is 2.74 bits per heavy atom. The second-order valence-electron chi connectivity index (χ2n) is 6.79. The van der Waals surface area contributed by atoms with Crippen LogP contribution in [0.3, 0.4) is 0 Å². The molecule has 142 valence electrons. The van der Waals surface area contributed by atoms with Gasteiger partial charge < -0.3 is 16.4 Å². The number of hydrogen-bond acceptors (Lipinski definition) is 4. The number of benzene rings is 1. The fraction of sp³-hybridized carbons (Fsp3) is 0.350. The number of hydrogen-bond donors (Lipinski definition) is 3. The molecule has 0 spiro atoms. The molecule has 0 radical (unpaired) electrons. The van der Waals surface area contributed by atoms with Crippen LogP contribution in [0, 0.1) is 0 Å². The van der Waals surface area contributed by atoms with Crippen LogP contribution >= 0.6 is 11.6 Å². The maximum Gasteiger partial charge on any atom is 0.268 e. The maximum atomic E-state index is 12.5. The Kier molecular flexibility index (Phi) is 5.96. The predicted octanol–water partition coefficient (Wildman–Crippen LogP) is 2.24. The van der Waals surface area contributed by atoms with Gasteiger partial charge in [-0.3, -0.25) is 14.6 Å². The average molecular weight is 387 g/mol. The molecule has 6 nitrogen and oxygen atoms in total. The van der Waals surface area contributed by atoms with Gasteiger partial charge in [-0.1, -0.05) is 35.4 Å². The topological polar surface area (TPSA) is 96.6 Å². The molecular formula is C20H23ClN4O2.